The summed E-state index contributed by atoms with van der Waals surface area (Å²) in [5, 5.41) is 15.9. The summed E-state index contributed by atoms with van der Waals surface area (Å²) in [6, 6.07) is 5.11. The number of rotatable bonds is 7. The van der Waals surface area contributed by atoms with Crippen molar-refractivity contribution in [2.75, 3.05) is 20.2 Å². The zero-order valence-corrected chi connectivity index (χ0v) is 12.6. The summed E-state index contributed by atoms with van der Waals surface area (Å²) in [7, 11) is 1.59. The molecule has 3 N–H and O–H groups in total. The Morgan fingerprint density at radius 3 is 2.60 bits per heavy atom. The maximum absolute atomic E-state index is 11.4. The molecule has 0 bridgehead atoms. The maximum Gasteiger partial charge on any atom is 0.222 e. The average Bonchev–Trinajstić information content (AvgIpc) is 2.43. The fourth-order valence-corrected chi connectivity index (χ4v) is 1.79. The lowest BCUT2D eigenvalue weighted by Gasteiger charge is -2.17. The summed E-state index contributed by atoms with van der Waals surface area (Å²) in [6.07, 6.45) is 0. The van der Waals surface area contributed by atoms with Crippen LogP contribution in [0, 0.1) is 5.92 Å². The van der Waals surface area contributed by atoms with Gasteiger partial charge < -0.3 is 20.5 Å². The maximum atomic E-state index is 11.4. The zero-order valence-electron chi connectivity index (χ0n) is 12.6. The van der Waals surface area contributed by atoms with Gasteiger partial charge in [0.2, 0.25) is 5.91 Å². The molecular formula is C15H24N2O3. The Morgan fingerprint density at radius 2 is 2.00 bits per heavy atom. The number of phenolic OH excluding ortho intramolecular Hbond substituents is 1. The lowest BCUT2D eigenvalue weighted by molar-refractivity contribution is -0.123. The number of carbonyl (C=O) groups is 1. The van der Waals surface area contributed by atoms with Crippen LogP contribution in [0.5, 0.6) is 11.5 Å². The van der Waals surface area contributed by atoms with E-state index in [2.05, 4.69) is 10.6 Å². The van der Waals surface area contributed by atoms with E-state index in [1.54, 1.807) is 25.3 Å². The normalized spacial score (nSPS) is 12.2. The van der Waals surface area contributed by atoms with E-state index >= 15 is 0 Å². The highest BCUT2D eigenvalue weighted by molar-refractivity contribution is 5.77. The Morgan fingerprint density at radius 1 is 1.30 bits per heavy atom. The van der Waals surface area contributed by atoms with Crippen molar-refractivity contribution < 1.29 is 14.6 Å². The standard InChI is InChI=1S/C15H24N2O3/c1-10(2)15(19)17-8-7-16-11(3)13-9-12(20-4)5-6-14(13)18/h5-6,9-11,16,18H,7-8H2,1-4H3,(H,17,19). The first-order valence-electron chi connectivity index (χ1n) is 6.83. The van der Waals surface area contributed by atoms with Crippen LogP contribution >= 0.6 is 0 Å². The van der Waals surface area contributed by atoms with Crippen molar-refractivity contribution in [2.24, 2.45) is 5.92 Å². The molecule has 1 unspecified atom stereocenters. The number of hydrogen-bond donors (Lipinski definition) is 3. The number of carbonyl (C=O) groups excluding carboxylic acids is 1. The predicted molar refractivity (Wildman–Crippen MR) is 78.9 cm³/mol. The van der Waals surface area contributed by atoms with E-state index in [9.17, 15) is 9.90 Å². The van der Waals surface area contributed by atoms with Gasteiger partial charge >= 0.3 is 0 Å². The smallest absolute Gasteiger partial charge is 0.222 e. The minimum atomic E-state index is -0.0268. The van der Waals surface area contributed by atoms with Crippen molar-refractivity contribution in [2.45, 2.75) is 26.8 Å². The van der Waals surface area contributed by atoms with Gasteiger partial charge in [-0.2, -0.15) is 0 Å². The Bertz CT molecular complexity index is 447. The summed E-state index contributed by atoms with van der Waals surface area (Å²) in [5.74, 6) is 0.982. The van der Waals surface area contributed by atoms with Crippen LogP contribution in [0.1, 0.15) is 32.4 Å². The van der Waals surface area contributed by atoms with Gasteiger partial charge in [-0.05, 0) is 25.1 Å². The number of benzene rings is 1. The summed E-state index contributed by atoms with van der Waals surface area (Å²) in [5.41, 5.74) is 0.777. The number of hydrogen-bond acceptors (Lipinski definition) is 4. The molecule has 1 amide bonds. The summed E-state index contributed by atoms with van der Waals surface area (Å²) < 4.78 is 5.15. The van der Waals surface area contributed by atoms with Crippen molar-refractivity contribution in [1.82, 2.24) is 10.6 Å². The number of methoxy groups -OCH3 is 1. The third-order valence-electron chi connectivity index (χ3n) is 3.10. The van der Waals surface area contributed by atoms with Crippen molar-refractivity contribution >= 4 is 5.91 Å². The van der Waals surface area contributed by atoms with E-state index in [0.29, 0.717) is 18.8 Å². The first-order valence-corrected chi connectivity index (χ1v) is 6.83. The zero-order chi connectivity index (χ0) is 15.1. The van der Waals surface area contributed by atoms with Crippen LogP contribution in [0.4, 0.5) is 0 Å². The van der Waals surface area contributed by atoms with Crippen molar-refractivity contribution in [3.8, 4) is 11.5 Å². The lowest BCUT2D eigenvalue weighted by atomic mass is 10.1. The van der Waals surface area contributed by atoms with Crippen LogP contribution in [0.15, 0.2) is 18.2 Å². The molecule has 0 spiro atoms. The van der Waals surface area contributed by atoms with E-state index in [1.165, 1.54) is 0 Å². The summed E-state index contributed by atoms with van der Waals surface area (Å²) in [4.78, 5) is 11.4. The fraction of sp³-hybridized carbons (Fsp3) is 0.533. The second-order valence-electron chi connectivity index (χ2n) is 5.05. The number of amides is 1. The number of nitrogens with one attached hydrogen (secondary N) is 2. The van der Waals surface area contributed by atoms with Crippen molar-refractivity contribution in [3.05, 3.63) is 23.8 Å². The molecule has 112 valence electrons. The van der Waals surface area contributed by atoms with E-state index in [4.69, 9.17) is 4.74 Å². The molecule has 1 atom stereocenters. The number of ether oxygens (including phenoxy) is 1. The molecule has 20 heavy (non-hydrogen) atoms. The highest BCUT2D eigenvalue weighted by Crippen LogP contribution is 2.27. The van der Waals surface area contributed by atoms with Crippen LogP contribution < -0.4 is 15.4 Å². The van der Waals surface area contributed by atoms with Crippen LogP contribution in [0.3, 0.4) is 0 Å². The minimum Gasteiger partial charge on any atom is -0.508 e. The molecule has 5 nitrogen and oxygen atoms in total. The molecule has 0 radical (unpaired) electrons. The highest BCUT2D eigenvalue weighted by Gasteiger charge is 2.11. The largest absolute Gasteiger partial charge is 0.508 e. The van der Waals surface area contributed by atoms with Crippen LogP contribution in [-0.4, -0.2) is 31.2 Å². The molecule has 0 saturated heterocycles. The average molecular weight is 280 g/mol. The van der Waals surface area contributed by atoms with Gasteiger partial charge in [0.05, 0.1) is 7.11 Å². The molecule has 5 heteroatoms. The molecule has 0 aromatic heterocycles. The van der Waals surface area contributed by atoms with Gasteiger partial charge in [0, 0.05) is 30.6 Å². The Balaban J connectivity index is 2.47. The molecule has 0 fully saturated rings. The molecule has 0 heterocycles. The van der Waals surface area contributed by atoms with Crippen molar-refractivity contribution in [3.63, 3.8) is 0 Å². The first kappa shape index (κ1) is 16.3. The predicted octanol–water partition coefficient (Wildman–Crippen LogP) is 1.82. The van der Waals surface area contributed by atoms with Gasteiger partial charge in [-0.15, -0.1) is 0 Å². The Labute approximate surface area is 120 Å². The Hall–Kier alpha value is -1.75. The van der Waals surface area contributed by atoms with Crippen molar-refractivity contribution in [1.29, 1.82) is 0 Å². The fourth-order valence-electron chi connectivity index (χ4n) is 1.79. The van der Waals surface area contributed by atoms with E-state index in [1.807, 2.05) is 20.8 Å². The molecule has 1 aromatic carbocycles. The molecule has 1 aromatic rings. The SMILES string of the molecule is COc1ccc(O)c(C(C)NCCNC(=O)C(C)C)c1. The number of phenols is 1. The Kier molecular flexibility index (Phi) is 6.31. The van der Waals surface area contributed by atoms with Crippen LogP contribution in [0.2, 0.25) is 0 Å². The van der Waals surface area contributed by atoms with Gasteiger partial charge in [-0.25, -0.2) is 0 Å². The second kappa shape index (κ2) is 7.75. The third-order valence-corrected chi connectivity index (χ3v) is 3.10. The highest BCUT2D eigenvalue weighted by atomic mass is 16.5. The molecule has 0 aliphatic heterocycles. The van der Waals surface area contributed by atoms with Gasteiger partial charge in [-0.3, -0.25) is 4.79 Å². The molecule has 0 aliphatic carbocycles. The second-order valence-corrected chi connectivity index (χ2v) is 5.05. The topological polar surface area (TPSA) is 70.6 Å². The molecule has 0 aliphatic rings. The molecule has 1 rings (SSSR count). The van der Waals surface area contributed by atoms with Gasteiger partial charge in [-0.1, -0.05) is 13.8 Å². The lowest BCUT2D eigenvalue weighted by Crippen LogP contribution is -2.35. The number of aromatic hydroxyl groups is 1. The van der Waals surface area contributed by atoms with Gasteiger partial charge in [0.15, 0.2) is 0 Å². The third kappa shape index (κ3) is 4.74. The van der Waals surface area contributed by atoms with E-state index < -0.39 is 0 Å². The molecule has 0 saturated carbocycles. The molecular weight excluding hydrogens is 256 g/mol. The van der Waals surface area contributed by atoms with E-state index in [0.717, 1.165) is 5.56 Å². The quantitative estimate of drug-likeness (QED) is 0.666. The van der Waals surface area contributed by atoms with Crippen LogP contribution in [0.25, 0.3) is 0 Å². The minimum absolute atomic E-state index is 0.00477. The van der Waals surface area contributed by atoms with Gasteiger partial charge in [0.1, 0.15) is 11.5 Å². The van der Waals surface area contributed by atoms with Crippen LogP contribution in [-0.2, 0) is 4.79 Å². The summed E-state index contributed by atoms with van der Waals surface area (Å²) in [6.45, 7) is 6.88. The summed E-state index contributed by atoms with van der Waals surface area (Å²) >= 11 is 0. The van der Waals surface area contributed by atoms with Gasteiger partial charge in [0.25, 0.3) is 0 Å². The first-order chi connectivity index (χ1) is 9.45. The van der Waals surface area contributed by atoms with E-state index in [-0.39, 0.29) is 23.6 Å². The monoisotopic (exact) mass is 280 g/mol.